The van der Waals surface area contributed by atoms with E-state index in [9.17, 15) is 4.39 Å². The van der Waals surface area contributed by atoms with Crippen molar-refractivity contribution in [2.24, 2.45) is 5.73 Å². The fraction of sp³-hybridized carbons (Fsp3) is 0.273. The van der Waals surface area contributed by atoms with Crippen molar-refractivity contribution in [2.75, 3.05) is 0 Å². The Balaban J connectivity index is 2.74. The molecule has 0 aliphatic rings. The number of nitrogens with two attached hydrogens (primary N) is 1. The molecule has 0 aliphatic carbocycles. The maximum atomic E-state index is 12.9. The number of benzene rings is 1. The predicted molar refractivity (Wildman–Crippen MR) is 57.9 cm³/mol. The molecular formula is C11H13ClFN. The van der Waals surface area contributed by atoms with Crippen molar-refractivity contribution in [1.82, 2.24) is 0 Å². The lowest BCUT2D eigenvalue weighted by molar-refractivity contribution is 0.620. The molecule has 1 atom stereocenters. The van der Waals surface area contributed by atoms with Gasteiger partial charge in [0.2, 0.25) is 0 Å². The molecule has 0 radical (unpaired) electrons. The van der Waals surface area contributed by atoms with Crippen LogP contribution >= 0.6 is 11.6 Å². The summed E-state index contributed by atoms with van der Waals surface area (Å²) in [6, 6.07) is 4.26. The van der Waals surface area contributed by atoms with Crippen LogP contribution in [0, 0.1) is 5.82 Å². The van der Waals surface area contributed by atoms with E-state index < -0.39 is 0 Å². The van der Waals surface area contributed by atoms with Crippen LogP contribution in [0.1, 0.15) is 12.0 Å². The Hall–Kier alpha value is -0.860. The molecule has 0 heterocycles. The summed E-state index contributed by atoms with van der Waals surface area (Å²) < 4.78 is 12.9. The van der Waals surface area contributed by atoms with Gasteiger partial charge in [-0.25, -0.2) is 4.39 Å². The van der Waals surface area contributed by atoms with E-state index in [2.05, 4.69) is 6.58 Å². The van der Waals surface area contributed by atoms with Crippen LogP contribution in [-0.2, 0) is 6.42 Å². The number of hydrogen-bond donors (Lipinski definition) is 1. The highest BCUT2D eigenvalue weighted by molar-refractivity contribution is 6.31. The van der Waals surface area contributed by atoms with Crippen molar-refractivity contribution in [2.45, 2.75) is 18.9 Å². The van der Waals surface area contributed by atoms with Gasteiger partial charge in [-0.15, -0.1) is 6.58 Å². The zero-order chi connectivity index (χ0) is 10.6. The molecule has 3 heteroatoms. The minimum Gasteiger partial charge on any atom is -0.327 e. The van der Waals surface area contributed by atoms with E-state index in [1.54, 1.807) is 12.1 Å². The summed E-state index contributed by atoms with van der Waals surface area (Å²) in [4.78, 5) is 0. The van der Waals surface area contributed by atoms with Gasteiger partial charge in [0, 0.05) is 11.1 Å². The molecule has 0 fully saturated rings. The molecule has 1 nitrogen and oxygen atoms in total. The van der Waals surface area contributed by atoms with Gasteiger partial charge in [-0.05, 0) is 36.6 Å². The topological polar surface area (TPSA) is 26.0 Å². The first kappa shape index (κ1) is 11.2. The Bertz CT molecular complexity index is 325. The molecule has 0 aliphatic heterocycles. The van der Waals surface area contributed by atoms with Gasteiger partial charge < -0.3 is 5.73 Å². The van der Waals surface area contributed by atoms with Crippen molar-refractivity contribution in [1.29, 1.82) is 0 Å². The standard InChI is InChI=1S/C11H13ClFN/c1-2-3-10(14)7-8-6-9(13)4-5-11(8)12/h2,4-6,10H,1,3,7,14H2. The second-order valence-electron chi connectivity index (χ2n) is 3.22. The number of rotatable bonds is 4. The normalized spacial score (nSPS) is 12.5. The summed E-state index contributed by atoms with van der Waals surface area (Å²) in [7, 11) is 0. The van der Waals surface area contributed by atoms with E-state index in [4.69, 9.17) is 17.3 Å². The fourth-order valence-electron chi connectivity index (χ4n) is 1.28. The van der Waals surface area contributed by atoms with Crippen molar-refractivity contribution in [3.63, 3.8) is 0 Å². The monoisotopic (exact) mass is 213 g/mol. The van der Waals surface area contributed by atoms with Gasteiger partial charge in [0.25, 0.3) is 0 Å². The molecular weight excluding hydrogens is 201 g/mol. The SMILES string of the molecule is C=CCC(N)Cc1cc(F)ccc1Cl. The largest absolute Gasteiger partial charge is 0.327 e. The Labute approximate surface area is 88.4 Å². The van der Waals surface area contributed by atoms with Gasteiger partial charge in [0.05, 0.1) is 0 Å². The summed E-state index contributed by atoms with van der Waals surface area (Å²) in [5, 5.41) is 0.561. The lowest BCUT2D eigenvalue weighted by atomic mass is 10.0. The van der Waals surface area contributed by atoms with Crippen LogP contribution < -0.4 is 5.73 Å². The third-order valence-corrected chi connectivity index (χ3v) is 2.33. The summed E-state index contributed by atoms with van der Waals surface area (Å²) in [5.41, 5.74) is 6.53. The van der Waals surface area contributed by atoms with E-state index in [0.717, 1.165) is 5.56 Å². The molecule has 2 N–H and O–H groups in total. The molecule has 0 amide bonds. The Kier molecular flexibility index (Phi) is 4.11. The summed E-state index contributed by atoms with van der Waals surface area (Å²) in [6.07, 6.45) is 3.02. The molecule has 1 rings (SSSR count). The van der Waals surface area contributed by atoms with E-state index >= 15 is 0 Å². The highest BCUT2D eigenvalue weighted by Gasteiger charge is 2.06. The third-order valence-electron chi connectivity index (χ3n) is 1.96. The second kappa shape index (κ2) is 5.13. The zero-order valence-corrected chi connectivity index (χ0v) is 8.60. The van der Waals surface area contributed by atoms with Gasteiger partial charge >= 0.3 is 0 Å². The van der Waals surface area contributed by atoms with E-state index in [1.165, 1.54) is 12.1 Å². The average Bonchev–Trinajstić information content (AvgIpc) is 2.12. The smallest absolute Gasteiger partial charge is 0.123 e. The predicted octanol–water partition coefficient (Wildman–Crippen LogP) is 2.93. The Morgan fingerprint density at radius 3 is 2.93 bits per heavy atom. The molecule has 76 valence electrons. The molecule has 1 aromatic rings. The summed E-state index contributed by atoms with van der Waals surface area (Å²) >= 11 is 5.89. The van der Waals surface area contributed by atoms with Crippen LogP contribution in [0.5, 0.6) is 0 Å². The van der Waals surface area contributed by atoms with Crippen molar-refractivity contribution in [3.8, 4) is 0 Å². The van der Waals surface area contributed by atoms with Crippen LogP contribution in [-0.4, -0.2) is 6.04 Å². The molecule has 1 aromatic carbocycles. The first-order valence-electron chi connectivity index (χ1n) is 4.44. The van der Waals surface area contributed by atoms with E-state index in [1.807, 2.05) is 0 Å². The average molecular weight is 214 g/mol. The molecule has 0 aromatic heterocycles. The maximum absolute atomic E-state index is 12.9. The lowest BCUT2D eigenvalue weighted by Gasteiger charge is -2.10. The van der Waals surface area contributed by atoms with Crippen LogP contribution in [0.25, 0.3) is 0 Å². The second-order valence-corrected chi connectivity index (χ2v) is 3.63. The number of halogens is 2. The van der Waals surface area contributed by atoms with Gasteiger partial charge in [-0.2, -0.15) is 0 Å². The quantitative estimate of drug-likeness (QED) is 0.765. The molecule has 14 heavy (non-hydrogen) atoms. The Morgan fingerprint density at radius 2 is 2.29 bits per heavy atom. The van der Waals surface area contributed by atoms with E-state index in [0.29, 0.717) is 17.9 Å². The lowest BCUT2D eigenvalue weighted by Crippen LogP contribution is -2.21. The maximum Gasteiger partial charge on any atom is 0.123 e. The van der Waals surface area contributed by atoms with Gasteiger partial charge in [-0.1, -0.05) is 17.7 Å². The first-order valence-corrected chi connectivity index (χ1v) is 4.81. The highest BCUT2D eigenvalue weighted by atomic mass is 35.5. The molecule has 0 bridgehead atoms. The molecule has 0 spiro atoms. The molecule has 0 saturated heterocycles. The third kappa shape index (κ3) is 3.13. The summed E-state index contributed by atoms with van der Waals surface area (Å²) in [6.45, 7) is 3.60. The van der Waals surface area contributed by atoms with Crippen LogP contribution in [0.15, 0.2) is 30.9 Å². The fourth-order valence-corrected chi connectivity index (χ4v) is 1.47. The van der Waals surface area contributed by atoms with Crippen molar-refractivity contribution in [3.05, 3.63) is 47.3 Å². The van der Waals surface area contributed by atoms with Crippen LogP contribution in [0.2, 0.25) is 5.02 Å². The van der Waals surface area contributed by atoms with E-state index in [-0.39, 0.29) is 11.9 Å². The Morgan fingerprint density at radius 1 is 1.57 bits per heavy atom. The minimum absolute atomic E-state index is 0.0493. The first-order chi connectivity index (χ1) is 6.63. The molecule has 1 unspecified atom stereocenters. The van der Waals surface area contributed by atoms with Gasteiger partial charge in [-0.3, -0.25) is 0 Å². The van der Waals surface area contributed by atoms with Crippen molar-refractivity contribution >= 4 is 11.6 Å². The minimum atomic E-state index is -0.282. The van der Waals surface area contributed by atoms with Crippen LogP contribution in [0.4, 0.5) is 4.39 Å². The van der Waals surface area contributed by atoms with Gasteiger partial charge in [0.15, 0.2) is 0 Å². The zero-order valence-electron chi connectivity index (χ0n) is 7.84. The van der Waals surface area contributed by atoms with Gasteiger partial charge in [0.1, 0.15) is 5.82 Å². The highest BCUT2D eigenvalue weighted by Crippen LogP contribution is 2.18. The molecule has 0 saturated carbocycles. The number of hydrogen-bond acceptors (Lipinski definition) is 1. The van der Waals surface area contributed by atoms with Crippen LogP contribution in [0.3, 0.4) is 0 Å². The van der Waals surface area contributed by atoms with Crippen molar-refractivity contribution < 1.29 is 4.39 Å². The summed E-state index contributed by atoms with van der Waals surface area (Å²) in [5.74, 6) is -0.282.